The van der Waals surface area contributed by atoms with Gasteiger partial charge in [-0.3, -0.25) is 4.79 Å². The number of benzene rings is 1. The van der Waals surface area contributed by atoms with Crippen LogP contribution >= 0.6 is 11.3 Å². The molecule has 2 heterocycles. The third kappa shape index (κ3) is 3.07. The van der Waals surface area contributed by atoms with E-state index in [1.165, 1.54) is 11.3 Å². The number of pyridine rings is 1. The highest BCUT2D eigenvalue weighted by Crippen LogP contribution is 2.19. The molecular formula is C16H15N3O2S. The Kier molecular flexibility index (Phi) is 4.29. The van der Waals surface area contributed by atoms with Crippen molar-refractivity contribution in [2.75, 3.05) is 6.61 Å². The highest BCUT2D eigenvalue weighted by atomic mass is 32.1. The van der Waals surface area contributed by atoms with Gasteiger partial charge < -0.3 is 10.1 Å². The van der Waals surface area contributed by atoms with Gasteiger partial charge in [-0.2, -0.15) is 0 Å². The van der Waals surface area contributed by atoms with Gasteiger partial charge in [-0.15, -0.1) is 11.3 Å². The maximum Gasteiger partial charge on any atom is 0.251 e. The molecule has 6 heteroatoms. The van der Waals surface area contributed by atoms with Gasteiger partial charge in [-0.1, -0.05) is 6.07 Å². The Morgan fingerprint density at radius 3 is 3.09 bits per heavy atom. The van der Waals surface area contributed by atoms with Crippen LogP contribution in [0.4, 0.5) is 0 Å². The van der Waals surface area contributed by atoms with Gasteiger partial charge in [0, 0.05) is 23.9 Å². The summed E-state index contributed by atoms with van der Waals surface area (Å²) in [7, 11) is 0. The minimum atomic E-state index is -0.124. The Bertz CT molecular complexity index is 801. The van der Waals surface area contributed by atoms with Gasteiger partial charge in [0.1, 0.15) is 0 Å². The molecule has 0 atom stereocenters. The maximum atomic E-state index is 12.3. The van der Waals surface area contributed by atoms with Crippen molar-refractivity contribution in [2.45, 2.75) is 13.5 Å². The monoisotopic (exact) mass is 313 g/mol. The van der Waals surface area contributed by atoms with Gasteiger partial charge >= 0.3 is 0 Å². The lowest BCUT2D eigenvalue weighted by molar-refractivity contribution is 0.0950. The van der Waals surface area contributed by atoms with Gasteiger partial charge in [0.2, 0.25) is 5.88 Å². The van der Waals surface area contributed by atoms with Crippen LogP contribution in [0.25, 0.3) is 10.2 Å². The van der Waals surface area contributed by atoms with E-state index in [-0.39, 0.29) is 5.91 Å². The summed E-state index contributed by atoms with van der Waals surface area (Å²) in [6, 6.07) is 9.22. The fraction of sp³-hybridized carbons (Fsp3) is 0.188. The highest BCUT2D eigenvalue weighted by molar-refractivity contribution is 7.16. The summed E-state index contributed by atoms with van der Waals surface area (Å²) < 4.78 is 6.46. The first-order valence-corrected chi connectivity index (χ1v) is 7.84. The van der Waals surface area contributed by atoms with Crippen LogP contribution in [0, 0.1) is 0 Å². The number of ether oxygens (including phenoxy) is 1. The zero-order chi connectivity index (χ0) is 15.4. The molecule has 0 saturated heterocycles. The van der Waals surface area contributed by atoms with Crippen LogP contribution in [0.1, 0.15) is 22.8 Å². The smallest absolute Gasteiger partial charge is 0.251 e. The fourth-order valence-corrected chi connectivity index (χ4v) is 2.82. The number of hydrogen-bond acceptors (Lipinski definition) is 5. The molecule has 0 fully saturated rings. The van der Waals surface area contributed by atoms with E-state index in [4.69, 9.17) is 4.74 Å². The van der Waals surface area contributed by atoms with Crippen LogP contribution in [-0.2, 0) is 6.54 Å². The van der Waals surface area contributed by atoms with Crippen molar-refractivity contribution in [2.24, 2.45) is 0 Å². The molecule has 3 rings (SSSR count). The number of aromatic nitrogens is 2. The quantitative estimate of drug-likeness (QED) is 0.786. The van der Waals surface area contributed by atoms with Crippen molar-refractivity contribution < 1.29 is 9.53 Å². The summed E-state index contributed by atoms with van der Waals surface area (Å²) in [6.07, 6.45) is 1.67. The lowest BCUT2D eigenvalue weighted by atomic mass is 10.2. The van der Waals surface area contributed by atoms with E-state index in [9.17, 15) is 4.79 Å². The molecular weight excluding hydrogens is 298 g/mol. The van der Waals surface area contributed by atoms with E-state index < -0.39 is 0 Å². The van der Waals surface area contributed by atoms with Gasteiger partial charge in [-0.25, -0.2) is 9.97 Å². The Hall–Kier alpha value is -2.47. The molecule has 0 spiro atoms. The standard InChI is InChI=1S/C16H15N3O2S/c1-2-21-16-12(4-3-7-17-16)9-18-15(20)11-5-6-13-14(8-11)22-10-19-13/h3-8,10H,2,9H2,1H3,(H,18,20). The van der Waals surface area contributed by atoms with Gasteiger partial charge in [0.25, 0.3) is 5.91 Å². The van der Waals surface area contributed by atoms with Crippen molar-refractivity contribution in [1.82, 2.24) is 15.3 Å². The van der Waals surface area contributed by atoms with E-state index in [1.807, 2.05) is 31.2 Å². The molecule has 112 valence electrons. The summed E-state index contributed by atoms with van der Waals surface area (Å²) in [5.74, 6) is 0.435. The largest absolute Gasteiger partial charge is 0.478 e. The number of thiazole rings is 1. The number of carbonyl (C=O) groups is 1. The van der Waals surface area contributed by atoms with Crippen molar-refractivity contribution in [3.63, 3.8) is 0 Å². The molecule has 22 heavy (non-hydrogen) atoms. The van der Waals surface area contributed by atoms with Crippen LogP contribution in [0.5, 0.6) is 5.88 Å². The number of nitrogens with zero attached hydrogens (tertiary/aromatic N) is 2. The van der Waals surface area contributed by atoms with Crippen LogP contribution in [0.3, 0.4) is 0 Å². The molecule has 0 aliphatic heterocycles. The Labute approximate surface area is 132 Å². The Balaban J connectivity index is 1.72. The van der Waals surface area contributed by atoms with Crippen LogP contribution in [-0.4, -0.2) is 22.5 Å². The summed E-state index contributed by atoms with van der Waals surface area (Å²) in [5.41, 5.74) is 4.17. The normalized spacial score (nSPS) is 10.6. The van der Waals surface area contributed by atoms with E-state index in [0.29, 0.717) is 24.6 Å². The Morgan fingerprint density at radius 2 is 2.23 bits per heavy atom. The molecule has 1 amide bonds. The minimum absolute atomic E-state index is 0.124. The fourth-order valence-electron chi connectivity index (χ4n) is 2.10. The maximum absolute atomic E-state index is 12.3. The number of rotatable bonds is 5. The zero-order valence-electron chi connectivity index (χ0n) is 12.1. The number of hydrogen-bond donors (Lipinski definition) is 1. The summed E-state index contributed by atoms with van der Waals surface area (Å²) in [5, 5.41) is 2.90. The average Bonchev–Trinajstić information content (AvgIpc) is 3.01. The number of nitrogens with one attached hydrogen (secondary N) is 1. The van der Waals surface area contributed by atoms with Gasteiger partial charge in [-0.05, 0) is 31.2 Å². The first kappa shape index (κ1) is 14.5. The second-order valence-corrected chi connectivity index (χ2v) is 5.50. The van der Waals surface area contributed by atoms with Crippen molar-refractivity contribution in [1.29, 1.82) is 0 Å². The van der Waals surface area contributed by atoms with Crippen LogP contribution in [0.2, 0.25) is 0 Å². The van der Waals surface area contributed by atoms with Crippen LogP contribution in [0.15, 0.2) is 42.0 Å². The predicted molar refractivity (Wildman–Crippen MR) is 86.2 cm³/mol. The minimum Gasteiger partial charge on any atom is -0.478 e. The first-order chi connectivity index (χ1) is 10.8. The van der Waals surface area contributed by atoms with E-state index in [0.717, 1.165) is 15.8 Å². The second kappa shape index (κ2) is 6.53. The molecule has 3 aromatic rings. The number of amides is 1. The molecule has 0 bridgehead atoms. The third-order valence-corrected chi connectivity index (χ3v) is 3.96. The number of fused-ring (bicyclic) bond motifs is 1. The predicted octanol–water partition coefficient (Wildman–Crippen LogP) is 3.02. The number of carbonyl (C=O) groups excluding carboxylic acids is 1. The third-order valence-electron chi connectivity index (χ3n) is 3.16. The average molecular weight is 313 g/mol. The summed E-state index contributed by atoms with van der Waals surface area (Å²) >= 11 is 1.52. The van der Waals surface area contributed by atoms with Crippen molar-refractivity contribution in [3.05, 3.63) is 53.2 Å². The Morgan fingerprint density at radius 1 is 1.32 bits per heavy atom. The van der Waals surface area contributed by atoms with E-state index >= 15 is 0 Å². The van der Waals surface area contributed by atoms with Gasteiger partial charge in [0.05, 0.1) is 22.3 Å². The zero-order valence-corrected chi connectivity index (χ0v) is 12.9. The lowest BCUT2D eigenvalue weighted by Gasteiger charge is -2.09. The molecule has 0 aliphatic rings. The molecule has 5 nitrogen and oxygen atoms in total. The van der Waals surface area contributed by atoms with Gasteiger partial charge in [0.15, 0.2) is 0 Å². The molecule has 0 aliphatic carbocycles. The lowest BCUT2D eigenvalue weighted by Crippen LogP contribution is -2.23. The highest BCUT2D eigenvalue weighted by Gasteiger charge is 2.09. The molecule has 0 radical (unpaired) electrons. The molecule has 0 unspecified atom stereocenters. The molecule has 1 aromatic carbocycles. The second-order valence-electron chi connectivity index (χ2n) is 4.62. The van der Waals surface area contributed by atoms with Crippen molar-refractivity contribution >= 4 is 27.5 Å². The molecule has 2 aromatic heterocycles. The van der Waals surface area contributed by atoms with E-state index in [1.54, 1.807) is 17.8 Å². The topological polar surface area (TPSA) is 64.1 Å². The summed E-state index contributed by atoms with van der Waals surface area (Å²) in [4.78, 5) is 20.6. The van der Waals surface area contributed by atoms with Crippen LogP contribution < -0.4 is 10.1 Å². The molecule has 0 saturated carbocycles. The van der Waals surface area contributed by atoms with E-state index in [2.05, 4.69) is 15.3 Å². The first-order valence-electron chi connectivity index (χ1n) is 6.96. The molecule has 1 N–H and O–H groups in total. The SMILES string of the molecule is CCOc1ncccc1CNC(=O)c1ccc2ncsc2c1. The summed E-state index contributed by atoms with van der Waals surface area (Å²) in [6.45, 7) is 2.82. The van der Waals surface area contributed by atoms with Crippen molar-refractivity contribution in [3.8, 4) is 5.88 Å².